The van der Waals surface area contributed by atoms with Gasteiger partial charge in [-0.15, -0.1) is 0 Å². The maximum atomic E-state index is 12.1. The highest BCUT2D eigenvalue weighted by atomic mass is 16.3. The number of aromatic hydroxyl groups is 3. The van der Waals surface area contributed by atoms with Crippen LogP contribution in [0.2, 0.25) is 0 Å². The van der Waals surface area contributed by atoms with Crippen LogP contribution < -0.4 is 0 Å². The fourth-order valence-corrected chi connectivity index (χ4v) is 7.67. The van der Waals surface area contributed by atoms with Gasteiger partial charge in [-0.2, -0.15) is 0 Å². The average Bonchev–Trinajstić information content (AvgIpc) is 3.45. The lowest BCUT2D eigenvalue weighted by molar-refractivity contribution is 0.140. The predicted octanol–water partition coefficient (Wildman–Crippen LogP) is 11.4. The van der Waals surface area contributed by atoms with Gasteiger partial charge in [-0.05, 0) is 72.9 Å². The molecule has 0 saturated carbocycles. The van der Waals surface area contributed by atoms with Gasteiger partial charge in [-0.3, -0.25) is 19.8 Å². The highest BCUT2D eigenvalue weighted by Crippen LogP contribution is 2.44. The molecular weight excluding hydrogens is 717 g/mol. The molecule has 0 aliphatic carbocycles. The predicted molar refractivity (Wildman–Crippen MR) is 247 cm³/mol. The number of phenols is 3. The second-order valence-electron chi connectivity index (χ2n) is 22.9. The molecule has 1 aliphatic heterocycles. The van der Waals surface area contributed by atoms with Gasteiger partial charge in [0.1, 0.15) is 17.2 Å². The minimum absolute atomic E-state index is 0.0751. The third-order valence-electron chi connectivity index (χ3n) is 11.6. The summed E-state index contributed by atoms with van der Waals surface area (Å²) in [5, 5.41) is 34.9. The number of nitrogens with zero attached hydrogens (tertiary/aromatic N) is 4. The van der Waals surface area contributed by atoms with Crippen molar-refractivity contribution in [2.24, 2.45) is 9.98 Å². The molecule has 7 nitrogen and oxygen atoms in total. The third kappa shape index (κ3) is 11.1. The van der Waals surface area contributed by atoms with Crippen LogP contribution >= 0.6 is 0 Å². The molecule has 1 aliphatic rings. The van der Waals surface area contributed by atoms with Crippen molar-refractivity contribution in [3.63, 3.8) is 0 Å². The van der Waals surface area contributed by atoms with Crippen LogP contribution in [0.1, 0.15) is 181 Å². The standard InChI is InChI=1S/C51H78N4O3/c1-46(2,3)35-25-33(42(56)39(28-35)49(10,11)12)31-52-19-21-54-23-24-55(45(54)38-27-37(48(7,8)9)30-41(44(38)58)51(16,17)18)22-20-53-32-34-26-36(47(4,5)6)29-40(43(34)57)50(13,14)15/h25-32,45,56-58H,19-24H2,1-18H3. The number of hydrogen-bond acceptors (Lipinski definition) is 7. The summed E-state index contributed by atoms with van der Waals surface area (Å²) in [4.78, 5) is 14.7. The number of hydrogen-bond donors (Lipinski definition) is 3. The molecule has 0 spiro atoms. The smallest absolute Gasteiger partial charge is 0.128 e. The topological polar surface area (TPSA) is 91.9 Å². The van der Waals surface area contributed by atoms with Crippen molar-refractivity contribution < 1.29 is 15.3 Å². The van der Waals surface area contributed by atoms with E-state index in [1.54, 1.807) is 0 Å². The van der Waals surface area contributed by atoms with Gasteiger partial charge in [0.25, 0.3) is 0 Å². The summed E-state index contributed by atoms with van der Waals surface area (Å²) in [5.41, 5.74) is 7.79. The molecule has 0 radical (unpaired) electrons. The molecule has 1 saturated heterocycles. The summed E-state index contributed by atoms with van der Waals surface area (Å²) in [7, 11) is 0. The maximum absolute atomic E-state index is 12.1. The van der Waals surface area contributed by atoms with Crippen LogP contribution in [0, 0.1) is 0 Å². The minimum Gasteiger partial charge on any atom is -0.507 e. The largest absolute Gasteiger partial charge is 0.507 e. The van der Waals surface area contributed by atoms with E-state index in [-0.39, 0.29) is 38.7 Å². The Morgan fingerprint density at radius 3 is 1.09 bits per heavy atom. The normalized spacial score (nSPS) is 17.0. The van der Waals surface area contributed by atoms with E-state index in [0.717, 1.165) is 46.5 Å². The molecule has 3 aromatic rings. The Morgan fingerprint density at radius 2 is 0.776 bits per heavy atom. The van der Waals surface area contributed by atoms with Gasteiger partial charge in [0.15, 0.2) is 0 Å². The quantitative estimate of drug-likeness (QED) is 0.188. The van der Waals surface area contributed by atoms with Crippen molar-refractivity contribution in [1.82, 2.24) is 9.80 Å². The van der Waals surface area contributed by atoms with E-state index in [1.807, 2.05) is 12.4 Å². The van der Waals surface area contributed by atoms with Gasteiger partial charge >= 0.3 is 0 Å². The molecule has 7 heteroatoms. The molecule has 3 N–H and O–H groups in total. The number of phenolic OH excluding ortho intramolecular Hbond substituents is 3. The monoisotopic (exact) mass is 795 g/mol. The van der Waals surface area contributed by atoms with E-state index < -0.39 is 0 Å². The van der Waals surface area contributed by atoms with Crippen molar-refractivity contribution >= 4 is 12.4 Å². The number of benzene rings is 3. The Kier molecular flexibility index (Phi) is 13.6. The van der Waals surface area contributed by atoms with E-state index >= 15 is 0 Å². The van der Waals surface area contributed by atoms with Gasteiger partial charge in [0, 0.05) is 66.4 Å². The van der Waals surface area contributed by atoms with Crippen molar-refractivity contribution in [3.8, 4) is 17.2 Å². The summed E-state index contributed by atoms with van der Waals surface area (Å²) in [5.74, 6) is 0.940. The highest BCUT2D eigenvalue weighted by molar-refractivity contribution is 5.85. The zero-order chi connectivity index (χ0) is 44.0. The fraction of sp³-hybridized carbons (Fsp3) is 0.608. The van der Waals surface area contributed by atoms with Gasteiger partial charge < -0.3 is 15.3 Å². The molecule has 1 fully saturated rings. The van der Waals surface area contributed by atoms with E-state index in [0.29, 0.717) is 43.4 Å². The molecule has 0 atom stereocenters. The van der Waals surface area contributed by atoms with Crippen molar-refractivity contribution in [2.45, 2.75) is 163 Å². The van der Waals surface area contributed by atoms with E-state index in [9.17, 15) is 15.3 Å². The van der Waals surface area contributed by atoms with Crippen molar-refractivity contribution in [2.75, 3.05) is 39.3 Å². The first-order valence-electron chi connectivity index (χ1n) is 21.4. The molecule has 0 unspecified atom stereocenters. The molecular formula is C51H78N4O3. The maximum Gasteiger partial charge on any atom is 0.128 e. The Labute approximate surface area is 352 Å². The molecule has 0 bridgehead atoms. The molecule has 3 aromatic carbocycles. The second kappa shape index (κ2) is 16.8. The third-order valence-corrected chi connectivity index (χ3v) is 11.6. The van der Waals surface area contributed by atoms with Gasteiger partial charge in [0.2, 0.25) is 0 Å². The molecule has 0 amide bonds. The van der Waals surface area contributed by atoms with E-state index in [1.165, 1.54) is 16.7 Å². The first-order valence-corrected chi connectivity index (χ1v) is 21.4. The lowest BCUT2D eigenvalue weighted by Gasteiger charge is -2.34. The molecule has 58 heavy (non-hydrogen) atoms. The lowest BCUT2D eigenvalue weighted by atomic mass is 9.78. The summed E-state index contributed by atoms with van der Waals surface area (Å²) < 4.78 is 0. The SMILES string of the molecule is CC(C)(C)c1cc(C=NCCN2CCN(CCN=Cc3cc(C(C)(C)C)cc(C(C)(C)C)c3O)C2c2cc(C(C)(C)C)cc(C(C)(C)C)c2O)c(O)c(C(C)(C)C)c1. The molecule has 320 valence electrons. The Balaban J connectivity index is 1.70. The van der Waals surface area contributed by atoms with Crippen LogP contribution in [0.3, 0.4) is 0 Å². The number of aliphatic imine (C=N–C) groups is 2. The van der Waals surface area contributed by atoms with Crippen LogP contribution in [-0.2, 0) is 32.5 Å². The molecule has 1 heterocycles. The molecule has 4 rings (SSSR count). The van der Waals surface area contributed by atoms with Crippen molar-refractivity contribution in [1.29, 1.82) is 0 Å². The zero-order valence-electron chi connectivity index (χ0n) is 39.6. The summed E-state index contributed by atoms with van der Waals surface area (Å²) >= 11 is 0. The van der Waals surface area contributed by atoms with Crippen LogP contribution in [0.25, 0.3) is 0 Å². The summed E-state index contributed by atoms with van der Waals surface area (Å²) in [6.45, 7) is 43.2. The van der Waals surface area contributed by atoms with Crippen molar-refractivity contribution in [3.05, 3.63) is 86.5 Å². The number of rotatable bonds is 9. The second-order valence-corrected chi connectivity index (χ2v) is 22.9. The van der Waals surface area contributed by atoms with Crippen LogP contribution in [0.5, 0.6) is 17.2 Å². The van der Waals surface area contributed by atoms with Gasteiger partial charge in [-0.1, -0.05) is 143 Å². The van der Waals surface area contributed by atoms with Crippen LogP contribution in [0.15, 0.2) is 46.4 Å². The van der Waals surface area contributed by atoms with E-state index in [4.69, 9.17) is 9.98 Å². The summed E-state index contributed by atoms with van der Waals surface area (Å²) in [6, 6.07) is 12.8. The first-order chi connectivity index (χ1) is 26.3. The summed E-state index contributed by atoms with van der Waals surface area (Å²) in [6.07, 6.45) is 3.49. The fourth-order valence-electron chi connectivity index (χ4n) is 7.67. The van der Waals surface area contributed by atoms with Crippen LogP contribution in [-0.4, -0.2) is 76.8 Å². The lowest BCUT2D eigenvalue weighted by Crippen LogP contribution is -2.34. The Morgan fingerprint density at radius 1 is 0.466 bits per heavy atom. The Bertz CT molecular complexity index is 1880. The van der Waals surface area contributed by atoms with Gasteiger partial charge in [-0.25, -0.2) is 0 Å². The Hall–Kier alpha value is -3.68. The zero-order valence-corrected chi connectivity index (χ0v) is 39.6. The highest BCUT2D eigenvalue weighted by Gasteiger charge is 2.37. The van der Waals surface area contributed by atoms with Crippen LogP contribution in [0.4, 0.5) is 0 Å². The minimum atomic E-state index is -0.256. The van der Waals surface area contributed by atoms with Gasteiger partial charge in [0.05, 0.1) is 19.3 Å². The molecule has 0 aromatic heterocycles. The average molecular weight is 795 g/mol. The van der Waals surface area contributed by atoms with E-state index in [2.05, 4.69) is 171 Å². The first kappa shape index (κ1) is 47.0.